The minimum Gasteiger partial charge on any atom is -0.395 e. The summed E-state index contributed by atoms with van der Waals surface area (Å²) in [6.45, 7) is 1.51. The van der Waals surface area contributed by atoms with Gasteiger partial charge in [-0.05, 0) is 6.42 Å². The number of aliphatic hydroxyl groups excluding tert-OH is 4. The van der Waals surface area contributed by atoms with Crippen LogP contribution in [0.1, 0.15) is 19.8 Å². The van der Waals surface area contributed by atoms with E-state index in [0.717, 1.165) is 11.8 Å². The maximum atomic E-state index is 11.4. The van der Waals surface area contributed by atoms with E-state index in [1.54, 1.807) is 0 Å². The molecule has 1 heterocycles. The molecule has 0 aromatic heterocycles. The minimum absolute atomic E-state index is 0.272. The van der Waals surface area contributed by atoms with E-state index in [0.29, 0.717) is 12.8 Å². The fourth-order valence-corrected chi connectivity index (χ4v) is 2.90. The molecule has 1 saturated heterocycles. The van der Waals surface area contributed by atoms with Gasteiger partial charge in [-0.2, -0.15) is 0 Å². The Bertz CT molecular complexity index is 265. The predicted octanol–water partition coefficient (Wildman–Crippen LogP) is -1.58. The molecule has 6 nitrogen and oxygen atoms in total. The second-order valence-corrected chi connectivity index (χ2v) is 5.43. The maximum absolute atomic E-state index is 11.4. The van der Waals surface area contributed by atoms with Crippen LogP contribution < -0.4 is 5.32 Å². The molecule has 1 aliphatic heterocycles. The maximum Gasteiger partial charge on any atom is 0.220 e. The Kier molecular flexibility index (Phi) is 5.68. The van der Waals surface area contributed by atoms with E-state index in [1.165, 1.54) is 0 Å². The molecule has 100 valence electrons. The Hall–Kier alpha value is -0.340. The standard InChI is InChI=1S/C10H19NO5S/c1-2-3-6(13)11-7-9(15)8(14)5(4-12)17-10(7)16/h5,7-10,12,14-16H,2-4H2,1H3,(H,11,13). The molecule has 1 amide bonds. The van der Waals surface area contributed by atoms with Crippen LogP contribution in [-0.2, 0) is 4.79 Å². The van der Waals surface area contributed by atoms with Crippen molar-refractivity contribution in [2.24, 2.45) is 0 Å². The van der Waals surface area contributed by atoms with Crippen molar-refractivity contribution in [2.75, 3.05) is 6.61 Å². The summed E-state index contributed by atoms with van der Waals surface area (Å²) < 4.78 is 0. The van der Waals surface area contributed by atoms with Gasteiger partial charge in [-0.15, -0.1) is 11.8 Å². The average Bonchev–Trinajstić information content (AvgIpc) is 2.29. The first-order valence-corrected chi connectivity index (χ1v) is 6.55. The van der Waals surface area contributed by atoms with E-state index in [9.17, 15) is 20.1 Å². The highest BCUT2D eigenvalue weighted by atomic mass is 32.2. The van der Waals surface area contributed by atoms with Crippen LogP contribution >= 0.6 is 11.8 Å². The van der Waals surface area contributed by atoms with E-state index < -0.39 is 28.9 Å². The van der Waals surface area contributed by atoms with Gasteiger partial charge in [0.05, 0.1) is 24.0 Å². The third-order valence-corrected chi connectivity index (χ3v) is 4.05. The predicted molar refractivity (Wildman–Crippen MR) is 63.3 cm³/mol. The highest BCUT2D eigenvalue weighted by Crippen LogP contribution is 2.31. The molecule has 0 spiro atoms. The number of nitrogens with one attached hydrogen (secondary N) is 1. The molecule has 5 atom stereocenters. The molecule has 0 bridgehead atoms. The molecular weight excluding hydrogens is 246 g/mol. The van der Waals surface area contributed by atoms with E-state index in [4.69, 9.17) is 5.11 Å². The van der Waals surface area contributed by atoms with Gasteiger partial charge in [0.25, 0.3) is 0 Å². The van der Waals surface area contributed by atoms with Gasteiger partial charge in [0.15, 0.2) is 0 Å². The normalized spacial score (nSPS) is 37.8. The third-order valence-electron chi connectivity index (χ3n) is 2.70. The zero-order valence-corrected chi connectivity index (χ0v) is 10.4. The summed E-state index contributed by atoms with van der Waals surface area (Å²) in [5.41, 5.74) is -1.04. The van der Waals surface area contributed by atoms with E-state index >= 15 is 0 Å². The molecule has 1 rings (SSSR count). The van der Waals surface area contributed by atoms with Crippen molar-refractivity contribution in [1.29, 1.82) is 0 Å². The number of aliphatic hydroxyl groups is 4. The summed E-state index contributed by atoms with van der Waals surface area (Å²) in [6, 6.07) is -0.906. The molecule has 17 heavy (non-hydrogen) atoms. The largest absolute Gasteiger partial charge is 0.395 e. The first kappa shape index (κ1) is 14.7. The zero-order chi connectivity index (χ0) is 13.0. The van der Waals surface area contributed by atoms with Gasteiger partial charge in [0.2, 0.25) is 5.91 Å². The number of carbonyl (C=O) groups excluding carboxylic acids is 1. The zero-order valence-electron chi connectivity index (χ0n) is 9.61. The first-order chi connectivity index (χ1) is 8.01. The summed E-state index contributed by atoms with van der Waals surface area (Å²) in [5.74, 6) is -0.272. The van der Waals surface area contributed by atoms with Gasteiger partial charge >= 0.3 is 0 Å². The highest BCUT2D eigenvalue weighted by molar-refractivity contribution is 8.00. The second kappa shape index (κ2) is 6.55. The quantitative estimate of drug-likeness (QED) is 0.420. The molecule has 1 aliphatic rings. The molecule has 0 aromatic rings. The van der Waals surface area contributed by atoms with E-state index in [-0.39, 0.29) is 12.5 Å². The second-order valence-electron chi connectivity index (χ2n) is 4.07. The summed E-state index contributed by atoms with van der Waals surface area (Å²) in [4.78, 5) is 11.4. The average molecular weight is 265 g/mol. The van der Waals surface area contributed by atoms with E-state index in [1.807, 2.05) is 6.92 Å². The summed E-state index contributed by atoms with van der Waals surface area (Å²) in [5, 5.41) is 40.0. The summed E-state index contributed by atoms with van der Waals surface area (Å²) >= 11 is 0.947. The number of hydrogen-bond donors (Lipinski definition) is 5. The Labute approximate surface area is 104 Å². The topological polar surface area (TPSA) is 110 Å². The summed E-state index contributed by atoms with van der Waals surface area (Å²) in [7, 11) is 0. The van der Waals surface area contributed by atoms with Crippen molar-refractivity contribution < 1.29 is 25.2 Å². The van der Waals surface area contributed by atoms with Crippen molar-refractivity contribution in [2.45, 2.75) is 48.7 Å². The van der Waals surface area contributed by atoms with Crippen LogP contribution in [0.2, 0.25) is 0 Å². The van der Waals surface area contributed by atoms with Gasteiger partial charge in [0, 0.05) is 6.42 Å². The smallest absolute Gasteiger partial charge is 0.220 e. The van der Waals surface area contributed by atoms with Gasteiger partial charge in [0.1, 0.15) is 11.5 Å². The first-order valence-electron chi connectivity index (χ1n) is 5.61. The third kappa shape index (κ3) is 3.56. The fraction of sp³-hybridized carbons (Fsp3) is 0.900. The highest BCUT2D eigenvalue weighted by Gasteiger charge is 2.43. The van der Waals surface area contributed by atoms with Crippen LogP contribution in [0, 0.1) is 0 Å². The summed E-state index contributed by atoms with van der Waals surface area (Å²) in [6.07, 6.45) is -1.47. The van der Waals surface area contributed by atoms with Crippen LogP contribution in [0.15, 0.2) is 0 Å². The van der Waals surface area contributed by atoms with E-state index in [2.05, 4.69) is 5.32 Å². The van der Waals surface area contributed by atoms with Crippen molar-refractivity contribution in [1.82, 2.24) is 5.32 Å². The van der Waals surface area contributed by atoms with Crippen LogP contribution in [0.5, 0.6) is 0 Å². The Morgan fingerprint density at radius 3 is 2.47 bits per heavy atom. The number of rotatable bonds is 4. The molecule has 0 aromatic carbocycles. The van der Waals surface area contributed by atoms with Crippen LogP contribution in [-0.4, -0.2) is 61.9 Å². The number of amides is 1. The molecular formula is C10H19NO5S. The fourth-order valence-electron chi connectivity index (χ4n) is 1.74. The molecule has 0 saturated carbocycles. The van der Waals surface area contributed by atoms with Crippen molar-refractivity contribution in [3.63, 3.8) is 0 Å². The molecule has 0 aliphatic carbocycles. The lowest BCUT2D eigenvalue weighted by atomic mass is 10.0. The number of carbonyl (C=O) groups is 1. The van der Waals surface area contributed by atoms with Crippen LogP contribution in [0.25, 0.3) is 0 Å². The molecule has 0 radical (unpaired) electrons. The van der Waals surface area contributed by atoms with Crippen LogP contribution in [0.3, 0.4) is 0 Å². The van der Waals surface area contributed by atoms with Crippen LogP contribution in [0.4, 0.5) is 0 Å². The lowest BCUT2D eigenvalue weighted by molar-refractivity contribution is -0.125. The van der Waals surface area contributed by atoms with Crippen molar-refractivity contribution in [3.8, 4) is 0 Å². The Morgan fingerprint density at radius 2 is 1.94 bits per heavy atom. The lowest BCUT2D eigenvalue weighted by Crippen LogP contribution is -2.60. The molecule has 1 fully saturated rings. The molecule has 5 unspecified atom stereocenters. The Morgan fingerprint density at radius 1 is 1.29 bits per heavy atom. The van der Waals surface area contributed by atoms with Gasteiger partial charge in [-0.1, -0.05) is 6.92 Å². The molecule has 5 N–H and O–H groups in total. The minimum atomic E-state index is -1.27. The number of hydrogen-bond acceptors (Lipinski definition) is 6. The number of thioether (sulfide) groups is 1. The lowest BCUT2D eigenvalue weighted by Gasteiger charge is -2.39. The monoisotopic (exact) mass is 265 g/mol. The van der Waals surface area contributed by atoms with Gasteiger partial charge < -0.3 is 25.7 Å². The van der Waals surface area contributed by atoms with Crippen molar-refractivity contribution in [3.05, 3.63) is 0 Å². The SMILES string of the molecule is CCCC(=O)NC1C(O)SC(CO)C(O)C1O. The van der Waals surface area contributed by atoms with Gasteiger partial charge in [-0.3, -0.25) is 4.79 Å². The van der Waals surface area contributed by atoms with Crippen molar-refractivity contribution >= 4 is 17.7 Å². The molecule has 7 heteroatoms. The van der Waals surface area contributed by atoms with Gasteiger partial charge in [-0.25, -0.2) is 0 Å². The Balaban J connectivity index is 2.63.